The molecule has 2 N–H and O–H groups in total. The summed E-state index contributed by atoms with van der Waals surface area (Å²) < 4.78 is 32.9. The second-order valence-electron chi connectivity index (χ2n) is 6.61. The van der Waals surface area contributed by atoms with Crippen LogP contribution in [0.15, 0.2) is 23.1 Å². The summed E-state index contributed by atoms with van der Waals surface area (Å²) in [6.45, 7) is 0.338. The molecule has 1 atom stereocenters. The minimum Gasteiger partial charge on any atom is -0.495 e. The minimum absolute atomic E-state index is 0.0810. The van der Waals surface area contributed by atoms with E-state index in [1.54, 1.807) is 0 Å². The predicted molar refractivity (Wildman–Crippen MR) is 92.6 cm³/mol. The first-order valence-corrected chi connectivity index (χ1v) is 10.1. The highest BCUT2D eigenvalue weighted by atomic mass is 32.2. The maximum absolute atomic E-state index is 12.8. The monoisotopic (exact) mass is 382 g/mol. The summed E-state index contributed by atoms with van der Waals surface area (Å²) in [7, 11) is -2.46. The summed E-state index contributed by atoms with van der Waals surface area (Å²) in [6, 6.07) is 3.18. The number of sulfonamides is 1. The van der Waals surface area contributed by atoms with Gasteiger partial charge in [-0.25, -0.2) is 17.9 Å². The van der Waals surface area contributed by atoms with Gasteiger partial charge in [-0.3, -0.25) is 4.79 Å². The van der Waals surface area contributed by atoms with Gasteiger partial charge in [0, 0.05) is 18.2 Å². The number of ether oxygens (including phenoxy) is 1. The SMILES string of the molecule is COc1ccc(C(=O)N2CCCCC2C(=O)O)cc1S(=O)(=O)NC1CC1. The van der Waals surface area contributed by atoms with Crippen LogP contribution in [0.3, 0.4) is 0 Å². The van der Waals surface area contributed by atoms with Gasteiger partial charge in [-0.05, 0) is 50.3 Å². The van der Waals surface area contributed by atoms with Gasteiger partial charge >= 0.3 is 5.97 Å². The number of carbonyl (C=O) groups excluding carboxylic acids is 1. The van der Waals surface area contributed by atoms with E-state index < -0.39 is 27.9 Å². The van der Waals surface area contributed by atoms with E-state index in [0.717, 1.165) is 25.7 Å². The molecular formula is C17H22N2O6S. The normalized spacial score (nSPS) is 20.7. The number of carboxylic acids is 1. The Balaban J connectivity index is 1.93. The van der Waals surface area contributed by atoms with E-state index >= 15 is 0 Å². The van der Waals surface area contributed by atoms with Crippen molar-refractivity contribution in [2.75, 3.05) is 13.7 Å². The number of rotatable bonds is 6. The molecule has 0 radical (unpaired) electrons. The maximum atomic E-state index is 12.8. The van der Waals surface area contributed by atoms with Gasteiger partial charge in [0.25, 0.3) is 5.91 Å². The van der Waals surface area contributed by atoms with Gasteiger partial charge in [-0.1, -0.05) is 0 Å². The number of hydrogen-bond donors (Lipinski definition) is 2. The fourth-order valence-electron chi connectivity index (χ4n) is 3.10. The number of methoxy groups -OCH3 is 1. The van der Waals surface area contributed by atoms with Crippen LogP contribution in [0.1, 0.15) is 42.5 Å². The summed E-state index contributed by atoms with van der Waals surface area (Å²) in [5.74, 6) is -1.39. The first-order valence-electron chi connectivity index (χ1n) is 8.57. The molecule has 1 saturated carbocycles. The summed E-state index contributed by atoms with van der Waals surface area (Å²) in [5, 5.41) is 9.36. The quantitative estimate of drug-likeness (QED) is 0.765. The fraction of sp³-hybridized carbons (Fsp3) is 0.529. The fourth-order valence-corrected chi connectivity index (χ4v) is 4.60. The number of piperidine rings is 1. The average Bonchev–Trinajstić information content (AvgIpc) is 3.43. The Morgan fingerprint density at radius 3 is 2.58 bits per heavy atom. The van der Waals surface area contributed by atoms with Gasteiger partial charge in [0.2, 0.25) is 10.0 Å². The van der Waals surface area contributed by atoms with E-state index in [2.05, 4.69) is 4.72 Å². The molecule has 1 saturated heterocycles. The smallest absolute Gasteiger partial charge is 0.326 e. The van der Waals surface area contributed by atoms with Crippen molar-refractivity contribution in [3.8, 4) is 5.75 Å². The van der Waals surface area contributed by atoms with Crippen molar-refractivity contribution in [1.82, 2.24) is 9.62 Å². The molecule has 3 rings (SSSR count). The standard InChI is InChI=1S/C17H22N2O6S/c1-25-14-8-5-11(10-15(14)26(23,24)18-12-6-7-12)16(20)19-9-3-2-4-13(19)17(21)22/h5,8,10,12-13,18H,2-4,6-7,9H2,1H3,(H,21,22). The van der Waals surface area contributed by atoms with Crippen LogP contribution >= 0.6 is 0 Å². The highest BCUT2D eigenvalue weighted by Gasteiger charge is 2.34. The van der Waals surface area contributed by atoms with Gasteiger partial charge in [0.05, 0.1) is 7.11 Å². The number of nitrogens with zero attached hydrogens (tertiary/aromatic N) is 1. The number of aliphatic carboxylic acids is 1. The van der Waals surface area contributed by atoms with Gasteiger partial charge < -0.3 is 14.7 Å². The molecule has 1 aliphatic carbocycles. The van der Waals surface area contributed by atoms with Crippen molar-refractivity contribution in [2.45, 2.75) is 49.1 Å². The Morgan fingerprint density at radius 2 is 1.96 bits per heavy atom. The van der Waals surface area contributed by atoms with E-state index in [4.69, 9.17) is 4.74 Å². The Morgan fingerprint density at radius 1 is 1.23 bits per heavy atom. The summed E-state index contributed by atoms with van der Waals surface area (Å²) in [6.07, 6.45) is 3.43. The number of benzene rings is 1. The third-order valence-corrected chi connectivity index (χ3v) is 6.19. The first kappa shape index (κ1) is 18.7. The van der Waals surface area contributed by atoms with Crippen molar-refractivity contribution in [3.05, 3.63) is 23.8 Å². The molecule has 1 aromatic carbocycles. The molecule has 1 heterocycles. The number of carbonyl (C=O) groups is 2. The molecule has 142 valence electrons. The molecule has 9 heteroatoms. The molecule has 26 heavy (non-hydrogen) atoms. The molecule has 1 amide bonds. The largest absolute Gasteiger partial charge is 0.495 e. The zero-order chi connectivity index (χ0) is 18.9. The molecule has 8 nitrogen and oxygen atoms in total. The number of amides is 1. The van der Waals surface area contributed by atoms with Crippen molar-refractivity contribution in [1.29, 1.82) is 0 Å². The van der Waals surface area contributed by atoms with Crippen LogP contribution in [0.2, 0.25) is 0 Å². The first-order chi connectivity index (χ1) is 12.3. The highest BCUT2D eigenvalue weighted by molar-refractivity contribution is 7.89. The van der Waals surface area contributed by atoms with Crippen molar-refractivity contribution < 1.29 is 27.9 Å². The Labute approximate surface area is 152 Å². The number of hydrogen-bond acceptors (Lipinski definition) is 5. The number of carboxylic acid groups (broad SMARTS) is 1. The number of likely N-dealkylation sites (tertiary alicyclic amines) is 1. The molecule has 2 aliphatic rings. The summed E-state index contributed by atoms with van der Waals surface area (Å²) in [5.41, 5.74) is 0.134. The molecule has 1 aliphatic heterocycles. The van der Waals surface area contributed by atoms with E-state index in [-0.39, 0.29) is 22.3 Å². The van der Waals surface area contributed by atoms with Crippen LogP contribution in [0.4, 0.5) is 0 Å². The van der Waals surface area contributed by atoms with Crippen LogP contribution in [-0.4, -0.2) is 56.0 Å². The third-order valence-electron chi connectivity index (χ3n) is 4.65. The van der Waals surface area contributed by atoms with Gasteiger partial charge in [0.15, 0.2) is 0 Å². The van der Waals surface area contributed by atoms with Gasteiger partial charge in [0.1, 0.15) is 16.7 Å². The molecule has 2 fully saturated rings. The van der Waals surface area contributed by atoms with E-state index in [1.165, 1.54) is 30.2 Å². The molecule has 0 bridgehead atoms. The highest BCUT2D eigenvalue weighted by Crippen LogP contribution is 2.29. The second kappa shape index (κ2) is 7.24. The van der Waals surface area contributed by atoms with Crippen LogP contribution in [0.25, 0.3) is 0 Å². The van der Waals surface area contributed by atoms with Crippen LogP contribution in [0.5, 0.6) is 5.75 Å². The summed E-state index contributed by atoms with van der Waals surface area (Å²) >= 11 is 0. The molecule has 0 aromatic heterocycles. The maximum Gasteiger partial charge on any atom is 0.326 e. The zero-order valence-corrected chi connectivity index (χ0v) is 15.3. The molecule has 1 aromatic rings. The van der Waals surface area contributed by atoms with Crippen molar-refractivity contribution >= 4 is 21.9 Å². The van der Waals surface area contributed by atoms with Crippen molar-refractivity contribution in [3.63, 3.8) is 0 Å². The zero-order valence-electron chi connectivity index (χ0n) is 14.5. The predicted octanol–water partition coefficient (Wildman–Crippen LogP) is 1.22. The van der Waals surface area contributed by atoms with Gasteiger partial charge in [-0.2, -0.15) is 0 Å². The molecule has 1 unspecified atom stereocenters. The van der Waals surface area contributed by atoms with Crippen LogP contribution in [-0.2, 0) is 14.8 Å². The van der Waals surface area contributed by atoms with E-state index in [1.807, 2.05) is 0 Å². The molecule has 0 spiro atoms. The number of nitrogens with one attached hydrogen (secondary N) is 1. The van der Waals surface area contributed by atoms with Crippen LogP contribution in [0, 0.1) is 0 Å². The Bertz CT molecular complexity index is 819. The average molecular weight is 382 g/mol. The van der Waals surface area contributed by atoms with Crippen molar-refractivity contribution in [2.24, 2.45) is 0 Å². The topological polar surface area (TPSA) is 113 Å². The Kier molecular flexibility index (Phi) is 5.19. The summed E-state index contributed by atoms with van der Waals surface area (Å²) in [4.78, 5) is 25.5. The third kappa shape index (κ3) is 3.83. The lowest BCUT2D eigenvalue weighted by atomic mass is 10.0. The van der Waals surface area contributed by atoms with E-state index in [9.17, 15) is 23.1 Å². The van der Waals surface area contributed by atoms with E-state index in [0.29, 0.717) is 13.0 Å². The second-order valence-corrected chi connectivity index (χ2v) is 8.29. The minimum atomic E-state index is -3.82. The lowest BCUT2D eigenvalue weighted by molar-refractivity contribution is -0.143. The molecular weight excluding hydrogens is 360 g/mol. The lowest BCUT2D eigenvalue weighted by Crippen LogP contribution is -2.48. The van der Waals surface area contributed by atoms with Gasteiger partial charge in [-0.15, -0.1) is 0 Å². The lowest BCUT2D eigenvalue weighted by Gasteiger charge is -2.33. The van der Waals surface area contributed by atoms with Crippen LogP contribution < -0.4 is 9.46 Å². The Hall–Kier alpha value is -2.13.